The molecule has 1 fully saturated rings. The number of benzene rings is 1. The highest BCUT2D eigenvalue weighted by Crippen LogP contribution is 2.36. The van der Waals surface area contributed by atoms with Crippen LogP contribution < -0.4 is 10.1 Å². The Bertz CT molecular complexity index is 793. The van der Waals surface area contributed by atoms with Gasteiger partial charge in [-0.15, -0.1) is 13.2 Å². The first-order valence-electron chi connectivity index (χ1n) is 6.63. The van der Waals surface area contributed by atoms with Crippen LogP contribution in [0.15, 0.2) is 24.3 Å². The molecule has 3 N–H and O–H groups in total. The van der Waals surface area contributed by atoms with E-state index in [1.54, 1.807) is 0 Å². The van der Waals surface area contributed by atoms with Gasteiger partial charge in [0, 0.05) is 17.0 Å². The summed E-state index contributed by atoms with van der Waals surface area (Å²) < 4.78 is 40.4. The van der Waals surface area contributed by atoms with Gasteiger partial charge in [-0.1, -0.05) is 0 Å². The van der Waals surface area contributed by atoms with Crippen molar-refractivity contribution in [1.29, 1.82) is 0 Å². The number of H-pyrrole nitrogens is 1. The monoisotopic (exact) mass is 328 g/mol. The fourth-order valence-corrected chi connectivity index (χ4v) is 2.23. The summed E-state index contributed by atoms with van der Waals surface area (Å²) >= 11 is 0. The van der Waals surface area contributed by atoms with Crippen LogP contribution in [0.5, 0.6) is 5.75 Å². The molecular weight excluding hydrogens is 317 g/mol. The lowest BCUT2D eigenvalue weighted by Gasteiger charge is -2.11. The number of carbonyl (C=O) groups is 2. The van der Waals surface area contributed by atoms with Crippen molar-refractivity contribution in [2.24, 2.45) is 0 Å². The van der Waals surface area contributed by atoms with Crippen molar-refractivity contribution >= 4 is 22.8 Å². The Kier molecular flexibility index (Phi) is 3.24. The number of carboxylic acids is 1. The number of amides is 1. The van der Waals surface area contributed by atoms with E-state index in [9.17, 15) is 22.8 Å². The van der Waals surface area contributed by atoms with Gasteiger partial charge in [-0.05, 0) is 31.0 Å². The van der Waals surface area contributed by atoms with Crippen molar-refractivity contribution in [2.45, 2.75) is 24.7 Å². The van der Waals surface area contributed by atoms with Crippen molar-refractivity contribution in [2.75, 3.05) is 0 Å². The van der Waals surface area contributed by atoms with E-state index < -0.39 is 29.5 Å². The highest BCUT2D eigenvalue weighted by atomic mass is 19.4. The Labute approximate surface area is 127 Å². The molecule has 1 saturated carbocycles. The molecule has 0 saturated heterocycles. The van der Waals surface area contributed by atoms with Crippen molar-refractivity contribution in [3.63, 3.8) is 0 Å². The number of carbonyl (C=O) groups excluding carboxylic acids is 1. The summed E-state index contributed by atoms with van der Waals surface area (Å²) in [5.41, 5.74) is -0.896. The number of aliphatic carboxylic acids is 1. The highest BCUT2D eigenvalue weighted by molar-refractivity contribution is 6.01. The van der Waals surface area contributed by atoms with Crippen LogP contribution in [0.1, 0.15) is 23.3 Å². The molecule has 1 aliphatic carbocycles. The molecule has 3 rings (SSSR count). The zero-order chi connectivity index (χ0) is 16.8. The minimum atomic E-state index is -4.81. The number of nitrogens with one attached hydrogen (secondary N) is 2. The van der Waals surface area contributed by atoms with Crippen LogP contribution in [0.25, 0.3) is 10.9 Å². The lowest BCUT2D eigenvalue weighted by Crippen LogP contribution is -2.43. The second kappa shape index (κ2) is 4.90. The van der Waals surface area contributed by atoms with E-state index in [-0.39, 0.29) is 11.2 Å². The zero-order valence-corrected chi connectivity index (χ0v) is 11.5. The number of rotatable bonds is 4. The Hall–Kier alpha value is -2.71. The Morgan fingerprint density at radius 1 is 1.26 bits per heavy atom. The van der Waals surface area contributed by atoms with E-state index in [0.29, 0.717) is 18.2 Å². The summed E-state index contributed by atoms with van der Waals surface area (Å²) in [6.45, 7) is 0. The van der Waals surface area contributed by atoms with Gasteiger partial charge in [0.1, 0.15) is 17.0 Å². The largest absolute Gasteiger partial charge is 0.573 e. The fourth-order valence-electron chi connectivity index (χ4n) is 2.23. The first-order chi connectivity index (χ1) is 10.7. The third-order valence-corrected chi connectivity index (χ3v) is 3.58. The molecule has 0 aliphatic heterocycles. The van der Waals surface area contributed by atoms with E-state index in [1.807, 2.05) is 0 Å². The molecule has 0 atom stereocenters. The summed E-state index contributed by atoms with van der Waals surface area (Å²) in [6, 6.07) is 5.04. The third-order valence-electron chi connectivity index (χ3n) is 3.58. The van der Waals surface area contributed by atoms with Gasteiger partial charge in [0.25, 0.3) is 5.91 Å². The number of halogens is 3. The van der Waals surface area contributed by atoms with Crippen LogP contribution in [-0.2, 0) is 4.79 Å². The van der Waals surface area contributed by atoms with E-state index in [0.717, 1.165) is 12.1 Å². The van der Waals surface area contributed by atoms with Gasteiger partial charge in [0.2, 0.25) is 0 Å². The van der Waals surface area contributed by atoms with Crippen molar-refractivity contribution in [3.8, 4) is 5.75 Å². The highest BCUT2D eigenvalue weighted by Gasteiger charge is 2.51. The van der Waals surface area contributed by atoms with Gasteiger partial charge < -0.3 is 20.1 Å². The molecular formula is C14H11F3N2O4. The molecule has 0 bridgehead atoms. The second-order valence-electron chi connectivity index (χ2n) is 5.32. The number of hydrogen-bond donors (Lipinski definition) is 3. The number of fused-ring (bicyclic) bond motifs is 1. The molecule has 9 heteroatoms. The average molecular weight is 328 g/mol. The standard InChI is InChI=1S/C14H11F3N2O4/c15-14(16,17)23-8-2-1-7-5-10(18-9(7)6-8)11(20)19-13(3-4-13)12(21)22/h1-2,5-6,18H,3-4H2,(H,19,20)(H,21,22). The zero-order valence-electron chi connectivity index (χ0n) is 11.5. The van der Waals surface area contributed by atoms with Gasteiger partial charge in [0.15, 0.2) is 0 Å². The summed E-state index contributed by atoms with van der Waals surface area (Å²) in [4.78, 5) is 25.8. The molecule has 1 amide bonds. The van der Waals surface area contributed by atoms with E-state index >= 15 is 0 Å². The number of carboxylic acid groups (broad SMARTS) is 1. The maximum Gasteiger partial charge on any atom is 0.573 e. The van der Waals surface area contributed by atoms with Gasteiger partial charge >= 0.3 is 12.3 Å². The Morgan fingerprint density at radius 2 is 1.96 bits per heavy atom. The van der Waals surface area contributed by atoms with Crippen LogP contribution in [0, 0.1) is 0 Å². The lowest BCUT2D eigenvalue weighted by molar-refractivity contribution is -0.274. The smallest absolute Gasteiger partial charge is 0.480 e. The quantitative estimate of drug-likeness (QED) is 0.804. The summed E-state index contributed by atoms with van der Waals surface area (Å²) in [7, 11) is 0. The van der Waals surface area contributed by atoms with E-state index in [1.165, 1.54) is 12.1 Å². The molecule has 0 radical (unpaired) electrons. The SMILES string of the molecule is O=C(NC1(C(=O)O)CC1)c1cc2ccc(OC(F)(F)F)cc2[nH]1. The van der Waals surface area contributed by atoms with E-state index in [2.05, 4.69) is 15.0 Å². The van der Waals surface area contributed by atoms with Gasteiger partial charge in [-0.2, -0.15) is 0 Å². The number of hydrogen-bond acceptors (Lipinski definition) is 3. The number of aromatic amines is 1. The van der Waals surface area contributed by atoms with Gasteiger partial charge in [-0.3, -0.25) is 4.79 Å². The molecule has 1 aliphatic rings. The molecule has 0 spiro atoms. The average Bonchev–Trinajstić information content (AvgIpc) is 3.08. The summed E-state index contributed by atoms with van der Waals surface area (Å²) in [6.07, 6.45) is -4.12. The molecule has 6 nitrogen and oxygen atoms in total. The van der Waals surface area contributed by atoms with Gasteiger partial charge in [0.05, 0.1) is 0 Å². The van der Waals surface area contributed by atoms with Crippen LogP contribution in [0.4, 0.5) is 13.2 Å². The maximum absolute atomic E-state index is 12.2. The Morgan fingerprint density at radius 3 is 2.52 bits per heavy atom. The second-order valence-corrected chi connectivity index (χ2v) is 5.32. The summed E-state index contributed by atoms with van der Waals surface area (Å²) in [5.74, 6) is -2.15. The molecule has 1 aromatic carbocycles. The minimum Gasteiger partial charge on any atom is -0.480 e. The first-order valence-corrected chi connectivity index (χ1v) is 6.63. The summed E-state index contributed by atoms with van der Waals surface area (Å²) in [5, 5.41) is 12.0. The topological polar surface area (TPSA) is 91.4 Å². The predicted octanol–water partition coefficient (Wildman–Crippen LogP) is 2.41. The number of aromatic nitrogens is 1. The Balaban J connectivity index is 1.82. The molecule has 2 aromatic rings. The molecule has 1 heterocycles. The normalized spacial score (nSPS) is 16.1. The predicted molar refractivity (Wildman–Crippen MR) is 72.0 cm³/mol. The van der Waals surface area contributed by atoms with Crippen LogP contribution in [-0.4, -0.2) is 33.9 Å². The van der Waals surface area contributed by atoms with Crippen molar-refractivity contribution < 1.29 is 32.6 Å². The minimum absolute atomic E-state index is 0.0664. The van der Waals surface area contributed by atoms with Crippen LogP contribution in [0.3, 0.4) is 0 Å². The number of ether oxygens (including phenoxy) is 1. The van der Waals surface area contributed by atoms with E-state index in [4.69, 9.17) is 5.11 Å². The third kappa shape index (κ3) is 3.08. The fraction of sp³-hybridized carbons (Fsp3) is 0.286. The van der Waals surface area contributed by atoms with Crippen molar-refractivity contribution in [3.05, 3.63) is 30.0 Å². The molecule has 122 valence electrons. The van der Waals surface area contributed by atoms with Crippen LogP contribution >= 0.6 is 0 Å². The maximum atomic E-state index is 12.2. The number of alkyl halides is 3. The molecule has 1 aromatic heterocycles. The van der Waals surface area contributed by atoms with Gasteiger partial charge in [-0.25, -0.2) is 4.79 Å². The van der Waals surface area contributed by atoms with Crippen LogP contribution in [0.2, 0.25) is 0 Å². The molecule has 23 heavy (non-hydrogen) atoms. The first kappa shape index (κ1) is 15.2. The molecule has 0 unspecified atom stereocenters. The van der Waals surface area contributed by atoms with Crippen molar-refractivity contribution in [1.82, 2.24) is 10.3 Å². The lowest BCUT2D eigenvalue weighted by atomic mass is 10.2.